The predicted molar refractivity (Wildman–Crippen MR) is 147 cm³/mol. The van der Waals surface area contributed by atoms with Crippen molar-refractivity contribution in [1.82, 2.24) is 20.4 Å². The summed E-state index contributed by atoms with van der Waals surface area (Å²) in [5, 5.41) is 6.94. The summed E-state index contributed by atoms with van der Waals surface area (Å²) in [6.07, 6.45) is 4.60. The molecule has 1 saturated heterocycles. The van der Waals surface area contributed by atoms with Crippen molar-refractivity contribution in [2.45, 2.75) is 38.3 Å². The number of carbonyl (C=O) groups is 1. The first-order valence-electron chi connectivity index (χ1n) is 11.6. The molecule has 1 fully saturated rings. The number of hydrogen-bond donors (Lipinski definition) is 2. The second kappa shape index (κ2) is 14.2. The molecule has 33 heavy (non-hydrogen) atoms. The van der Waals surface area contributed by atoms with Gasteiger partial charge in [0.05, 0.1) is 0 Å². The molecule has 0 saturated carbocycles. The van der Waals surface area contributed by atoms with Crippen molar-refractivity contribution in [2.24, 2.45) is 4.99 Å². The van der Waals surface area contributed by atoms with E-state index in [4.69, 9.17) is 0 Å². The van der Waals surface area contributed by atoms with Gasteiger partial charge in [0.15, 0.2) is 5.96 Å². The molecule has 1 atom stereocenters. The van der Waals surface area contributed by atoms with Gasteiger partial charge in [0.25, 0.3) is 5.91 Å². The molecule has 0 spiro atoms. The molecule has 3 rings (SSSR count). The quantitative estimate of drug-likeness (QED) is 0.292. The van der Waals surface area contributed by atoms with Crippen LogP contribution >= 0.6 is 24.0 Å². The van der Waals surface area contributed by atoms with Gasteiger partial charge in [0.2, 0.25) is 0 Å². The zero-order chi connectivity index (χ0) is 22.8. The Labute approximate surface area is 215 Å². The lowest BCUT2D eigenvalue weighted by atomic mass is 10.0. The second-order valence-electron chi connectivity index (χ2n) is 8.64. The van der Waals surface area contributed by atoms with Crippen molar-refractivity contribution in [1.29, 1.82) is 0 Å². The van der Waals surface area contributed by atoms with Gasteiger partial charge in [-0.2, -0.15) is 0 Å². The van der Waals surface area contributed by atoms with E-state index >= 15 is 0 Å². The maximum absolute atomic E-state index is 12.2. The van der Waals surface area contributed by atoms with Crippen molar-refractivity contribution in [3.8, 4) is 0 Å². The number of rotatable bonds is 8. The molecule has 1 amide bonds. The number of amides is 1. The smallest absolute Gasteiger partial charge is 0.253 e. The molecule has 2 aromatic rings. The largest absolute Gasteiger partial charge is 0.356 e. The number of hydrogen-bond acceptors (Lipinski definition) is 3. The zero-order valence-electron chi connectivity index (χ0n) is 20.1. The maximum Gasteiger partial charge on any atom is 0.253 e. The van der Waals surface area contributed by atoms with Gasteiger partial charge >= 0.3 is 0 Å². The van der Waals surface area contributed by atoms with E-state index in [0.29, 0.717) is 6.04 Å². The first-order chi connectivity index (χ1) is 15.6. The van der Waals surface area contributed by atoms with Crippen LogP contribution in [0.4, 0.5) is 0 Å². The molecule has 1 unspecified atom stereocenters. The molecule has 1 heterocycles. The van der Waals surface area contributed by atoms with Crippen LogP contribution in [0.5, 0.6) is 0 Å². The van der Waals surface area contributed by atoms with Gasteiger partial charge in [-0.05, 0) is 49.1 Å². The van der Waals surface area contributed by atoms with Gasteiger partial charge < -0.3 is 15.5 Å². The minimum Gasteiger partial charge on any atom is -0.356 e. The zero-order valence-corrected chi connectivity index (χ0v) is 22.4. The lowest BCUT2D eigenvalue weighted by Gasteiger charge is -2.36. The number of halogens is 1. The van der Waals surface area contributed by atoms with Gasteiger partial charge in [-0.3, -0.25) is 14.7 Å². The van der Waals surface area contributed by atoms with Crippen molar-refractivity contribution in [2.75, 3.05) is 40.8 Å². The normalized spacial score (nSPS) is 16.6. The standard InChI is InChI=1S/C26H37N5O.HI/c1-27-26(28-16-15-21-12-9-13-23(18-21)25(32)30(2)3)29-19-24-14-7-8-17-31(24)20-22-10-5-4-6-11-22;/h4-6,9-13,18,24H,7-8,14-17,19-20H2,1-3H3,(H2,27,28,29);1H. The van der Waals surface area contributed by atoms with Crippen LogP contribution in [-0.4, -0.2) is 68.5 Å². The number of aliphatic imine (C=N–C) groups is 1. The molecule has 7 heteroatoms. The van der Waals surface area contributed by atoms with Crippen molar-refractivity contribution < 1.29 is 4.79 Å². The van der Waals surface area contributed by atoms with Crippen LogP contribution in [0.25, 0.3) is 0 Å². The minimum atomic E-state index is 0. The third kappa shape index (κ3) is 8.62. The van der Waals surface area contributed by atoms with E-state index in [1.54, 1.807) is 19.0 Å². The average Bonchev–Trinajstić information content (AvgIpc) is 2.82. The fourth-order valence-corrected chi connectivity index (χ4v) is 4.20. The number of likely N-dealkylation sites (tertiary alicyclic amines) is 1. The lowest BCUT2D eigenvalue weighted by molar-refractivity contribution is 0.0827. The van der Waals surface area contributed by atoms with E-state index in [0.717, 1.165) is 49.7 Å². The highest BCUT2D eigenvalue weighted by molar-refractivity contribution is 14.0. The first-order valence-corrected chi connectivity index (χ1v) is 11.6. The lowest BCUT2D eigenvalue weighted by Crippen LogP contribution is -2.49. The summed E-state index contributed by atoms with van der Waals surface area (Å²) in [6.45, 7) is 3.80. The molecular weight excluding hydrogens is 525 g/mol. The fourth-order valence-electron chi connectivity index (χ4n) is 4.20. The number of piperidine rings is 1. The van der Waals surface area contributed by atoms with Crippen LogP contribution < -0.4 is 10.6 Å². The van der Waals surface area contributed by atoms with E-state index in [1.807, 2.05) is 25.2 Å². The van der Waals surface area contributed by atoms with Crippen LogP contribution in [0, 0.1) is 0 Å². The van der Waals surface area contributed by atoms with Crippen LogP contribution in [-0.2, 0) is 13.0 Å². The van der Waals surface area contributed by atoms with Crippen LogP contribution in [0.1, 0.15) is 40.7 Å². The summed E-state index contributed by atoms with van der Waals surface area (Å²) in [6, 6.07) is 19.1. The molecule has 0 aliphatic carbocycles. The Hall–Kier alpha value is -2.13. The molecule has 0 radical (unpaired) electrons. The van der Waals surface area contributed by atoms with Gasteiger partial charge in [0.1, 0.15) is 0 Å². The number of nitrogens with one attached hydrogen (secondary N) is 2. The van der Waals surface area contributed by atoms with Crippen LogP contribution in [0.3, 0.4) is 0 Å². The predicted octanol–water partition coefficient (Wildman–Crippen LogP) is 3.77. The summed E-state index contributed by atoms with van der Waals surface area (Å²) >= 11 is 0. The van der Waals surface area contributed by atoms with E-state index in [1.165, 1.54) is 24.8 Å². The molecule has 0 bridgehead atoms. The molecular formula is C26H38IN5O. The third-order valence-electron chi connectivity index (χ3n) is 5.99. The minimum absolute atomic E-state index is 0. The molecule has 2 N–H and O–H groups in total. The Bertz CT molecular complexity index is 887. The van der Waals surface area contributed by atoms with Gasteiger partial charge in [-0.15, -0.1) is 24.0 Å². The highest BCUT2D eigenvalue weighted by atomic mass is 127. The summed E-state index contributed by atoms with van der Waals surface area (Å²) < 4.78 is 0. The van der Waals surface area contributed by atoms with E-state index in [9.17, 15) is 4.79 Å². The summed E-state index contributed by atoms with van der Waals surface area (Å²) in [7, 11) is 5.37. The molecule has 1 aliphatic rings. The molecule has 180 valence electrons. The highest BCUT2D eigenvalue weighted by Gasteiger charge is 2.22. The molecule has 2 aromatic carbocycles. The van der Waals surface area contributed by atoms with E-state index in [2.05, 4.69) is 56.9 Å². The monoisotopic (exact) mass is 563 g/mol. The summed E-state index contributed by atoms with van der Waals surface area (Å²) in [5.74, 6) is 0.862. The summed E-state index contributed by atoms with van der Waals surface area (Å²) in [5.41, 5.74) is 3.24. The number of nitrogens with zero attached hydrogens (tertiary/aromatic N) is 3. The SMILES string of the molecule is CN=C(NCCc1cccc(C(=O)N(C)C)c1)NCC1CCCCN1Cc1ccccc1.I. The van der Waals surface area contributed by atoms with Crippen molar-refractivity contribution in [3.05, 3.63) is 71.3 Å². The fraction of sp³-hybridized carbons (Fsp3) is 0.462. The van der Waals surface area contributed by atoms with Crippen molar-refractivity contribution >= 4 is 35.8 Å². The molecule has 6 nitrogen and oxygen atoms in total. The Balaban J connectivity index is 0.00000385. The first kappa shape index (κ1) is 27.1. The topological polar surface area (TPSA) is 60.0 Å². The van der Waals surface area contributed by atoms with Gasteiger partial charge in [-0.1, -0.05) is 48.9 Å². The average molecular weight is 564 g/mol. The number of benzene rings is 2. The Morgan fingerprint density at radius 2 is 1.82 bits per heavy atom. The maximum atomic E-state index is 12.2. The molecule has 0 aromatic heterocycles. The van der Waals surface area contributed by atoms with Gasteiger partial charge in [-0.25, -0.2) is 0 Å². The van der Waals surface area contributed by atoms with Gasteiger partial charge in [0, 0.05) is 52.4 Å². The second-order valence-corrected chi connectivity index (χ2v) is 8.64. The summed E-state index contributed by atoms with van der Waals surface area (Å²) in [4.78, 5) is 20.8. The van der Waals surface area contributed by atoms with Crippen molar-refractivity contribution in [3.63, 3.8) is 0 Å². The van der Waals surface area contributed by atoms with Crippen LogP contribution in [0.2, 0.25) is 0 Å². The molecule has 1 aliphatic heterocycles. The number of carbonyl (C=O) groups excluding carboxylic acids is 1. The van der Waals surface area contributed by atoms with E-state index in [-0.39, 0.29) is 29.9 Å². The third-order valence-corrected chi connectivity index (χ3v) is 5.99. The Morgan fingerprint density at radius 1 is 1.06 bits per heavy atom. The van der Waals surface area contributed by atoms with E-state index < -0.39 is 0 Å². The Morgan fingerprint density at radius 3 is 2.55 bits per heavy atom. The Kier molecular flexibility index (Phi) is 11.7. The van der Waals surface area contributed by atoms with Crippen LogP contribution in [0.15, 0.2) is 59.6 Å². The number of guanidine groups is 1. The highest BCUT2D eigenvalue weighted by Crippen LogP contribution is 2.19.